The maximum atomic E-state index is 12.7. The summed E-state index contributed by atoms with van der Waals surface area (Å²) >= 11 is 0. The Morgan fingerprint density at radius 2 is 1.79 bits per heavy atom. The Morgan fingerprint density at radius 1 is 1.11 bits per heavy atom. The quantitative estimate of drug-likeness (QED) is 0.928. The van der Waals surface area contributed by atoms with Gasteiger partial charge in [-0.25, -0.2) is 4.98 Å². The zero-order valence-electron chi connectivity index (χ0n) is 9.82. The number of pyridine rings is 1. The van der Waals surface area contributed by atoms with Crippen molar-refractivity contribution in [3.63, 3.8) is 0 Å². The van der Waals surface area contributed by atoms with Crippen LogP contribution in [0.3, 0.4) is 0 Å². The zero-order valence-corrected chi connectivity index (χ0v) is 9.82. The third-order valence-electron chi connectivity index (χ3n) is 2.35. The summed E-state index contributed by atoms with van der Waals surface area (Å²) in [6.45, 7) is -0.0171. The molecular weight excluding hydrogens is 257 g/mol. The van der Waals surface area contributed by atoms with Gasteiger partial charge in [0, 0.05) is 12.6 Å². The molecule has 0 saturated carbocycles. The molecule has 0 bridgehead atoms. The number of ether oxygens (including phenoxy) is 1. The van der Waals surface area contributed by atoms with Crippen LogP contribution in [-0.4, -0.2) is 4.98 Å². The number of alkyl halides is 3. The Kier molecular flexibility index (Phi) is 3.71. The molecule has 0 unspecified atom stereocenters. The molecule has 0 atom stereocenters. The minimum atomic E-state index is -4.53. The van der Waals surface area contributed by atoms with Gasteiger partial charge in [-0.1, -0.05) is 18.2 Å². The molecule has 100 valence electrons. The molecular formula is C13H11F3N2O. The van der Waals surface area contributed by atoms with E-state index in [1.807, 2.05) is 0 Å². The summed E-state index contributed by atoms with van der Waals surface area (Å²) < 4.78 is 43.3. The van der Waals surface area contributed by atoms with Gasteiger partial charge in [-0.3, -0.25) is 0 Å². The molecule has 6 heteroatoms. The third-order valence-corrected chi connectivity index (χ3v) is 2.35. The highest BCUT2D eigenvalue weighted by atomic mass is 19.4. The summed E-state index contributed by atoms with van der Waals surface area (Å²) in [6, 6.07) is 10.8. The van der Waals surface area contributed by atoms with E-state index in [4.69, 9.17) is 10.5 Å². The number of hydrogen-bond acceptors (Lipinski definition) is 3. The van der Waals surface area contributed by atoms with Gasteiger partial charge in [0.2, 0.25) is 5.88 Å². The molecule has 0 saturated heterocycles. The Bertz CT molecular complexity index is 556. The lowest BCUT2D eigenvalue weighted by molar-refractivity contribution is -0.141. The normalized spacial score (nSPS) is 11.4. The average molecular weight is 268 g/mol. The molecule has 1 heterocycles. The molecule has 0 aliphatic heterocycles. The molecule has 0 aliphatic carbocycles. The molecule has 0 radical (unpaired) electrons. The summed E-state index contributed by atoms with van der Waals surface area (Å²) in [5.74, 6) is 0.291. The molecule has 2 rings (SSSR count). The fourth-order valence-corrected chi connectivity index (χ4v) is 1.48. The van der Waals surface area contributed by atoms with E-state index in [0.29, 0.717) is 11.3 Å². The monoisotopic (exact) mass is 268 g/mol. The third kappa shape index (κ3) is 3.45. The van der Waals surface area contributed by atoms with Gasteiger partial charge >= 0.3 is 6.18 Å². The second kappa shape index (κ2) is 5.27. The Labute approximate surface area is 107 Å². The topological polar surface area (TPSA) is 48.1 Å². The number of nitrogens with two attached hydrogens (primary N) is 1. The summed E-state index contributed by atoms with van der Waals surface area (Å²) in [5.41, 5.74) is 4.67. The van der Waals surface area contributed by atoms with Crippen LogP contribution < -0.4 is 10.5 Å². The van der Waals surface area contributed by atoms with Crippen molar-refractivity contribution in [2.24, 2.45) is 5.73 Å². The number of rotatable bonds is 3. The van der Waals surface area contributed by atoms with Gasteiger partial charge in [0.1, 0.15) is 11.4 Å². The maximum Gasteiger partial charge on any atom is 0.433 e. The lowest BCUT2D eigenvalue weighted by Crippen LogP contribution is -2.10. The van der Waals surface area contributed by atoms with E-state index in [2.05, 4.69) is 4.98 Å². The van der Waals surface area contributed by atoms with E-state index in [0.717, 1.165) is 6.07 Å². The average Bonchev–Trinajstić information content (AvgIpc) is 2.38. The molecule has 0 amide bonds. The highest BCUT2D eigenvalue weighted by Crippen LogP contribution is 2.31. The van der Waals surface area contributed by atoms with Crippen molar-refractivity contribution >= 4 is 0 Å². The second-order valence-corrected chi connectivity index (χ2v) is 3.82. The van der Waals surface area contributed by atoms with Crippen molar-refractivity contribution in [2.45, 2.75) is 12.7 Å². The van der Waals surface area contributed by atoms with Gasteiger partial charge in [0.25, 0.3) is 0 Å². The van der Waals surface area contributed by atoms with Crippen molar-refractivity contribution in [3.8, 4) is 11.6 Å². The lowest BCUT2D eigenvalue weighted by atomic mass is 10.2. The van der Waals surface area contributed by atoms with Crippen molar-refractivity contribution in [1.29, 1.82) is 0 Å². The van der Waals surface area contributed by atoms with E-state index in [9.17, 15) is 13.2 Å². The molecule has 0 spiro atoms. The molecule has 0 aliphatic rings. The van der Waals surface area contributed by atoms with Crippen molar-refractivity contribution < 1.29 is 17.9 Å². The number of benzene rings is 1. The van der Waals surface area contributed by atoms with Gasteiger partial charge < -0.3 is 10.5 Å². The smallest absolute Gasteiger partial charge is 0.433 e. The zero-order chi connectivity index (χ0) is 13.9. The van der Waals surface area contributed by atoms with Gasteiger partial charge in [-0.05, 0) is 23.8 Å². The summed E-state index contributed by atoms with van der Waals surface area (Å²) in [6.07, 6.45) is -4.53. The fraction of sp³-hybridized carbons (Fsp3) is 0.154. The predicted molar refractivity (Wildman–Crippen MR) is 63.6 cm³/mol. The SMILES string of the molecule is NCc1cc(Oc2ccccc2)nc(C(F)(F)F)c1. The number of hydrogen-bond donors (Lipinski definition) is 1. The van der Waals surface area contributed by atoms with Crippen LogP contribution in [0.25, 0.3) is 0 Å². The lowest BCUT2D eigenvalue weighted by Gasteiger charge is -2.11. The van der Waals surface area contributed by atoms with E-state index in [1.165, 1.54) is 6.07 Å². The van der Waals surface area contributed by atoms with Crippen LogP contribution in [0.2, 0.25) is 0 Å². The summed E-state index contributed by atoms with van der Waals surface area (Å²) in [5, 5.41) is 0. The molecule has 2 N–H and O–H groups in total. The first-order chi connectivity index (χ1) is 8.99. The minimum Gasteiger partial charge on any atom is -0.439 e. The molecule has 1 aromatic heterocycles. The standard InChI is InChI=1S/C13H11F3N2O/c14-13(15,16)11-6-9(8-17)7-12(18-11)19-10-4-2-1-3-5-10/h1-7H,8,17H2. The van der Waals surface area contributed by atoms with Gasteiger partial charge in [0.05, 0.1) is 0 Å². The van der Waals surface area contributed by atoms with Crippen LogP contribution in [0.1, 0.15) is 11.3 Å². The van der Waals surface area contributed by atoms with Gasteiger partial charge in [0.15, 0.2) is 0 Å². The van der Waals surface area contributed by atoms with E-state index >= 15 is 0 Å². The highest BCUT2D eigenvalue weighted by Gasteiger charge is 2.33. The maximum absolute atomic E-state index is 12.7. The van der Waals surface area contributed by atoms with E-state index < -0.39 is 11.9 Å². The van der Waals surface area contributed by atoms with Gasteiger partial charge in [-0.2, -0.15) is 13.2 Å². The number of para-hydroxylation sites is 1. The molecule has 19 heavy (non-hydrogen) atoms. The highest BCUT2D eigenvalue weighted by molar-refractivity contribution is 5.31. The fourth-order valence-electron chi connectivity index (χ4n) is 1.48. The number of aromatic nitrogens is 1. The summed E-state index contributed by atoms with van der Waals surface area (Å²) in [4.78, 5) is 3.45. The number of halogens is 3. The Balaban J connectivity index is 2.35. The van der Waals surface area contributed by atoms with Crippen LogP contribution in [-0.2, 0) is 12.7 Å². The van der Waals surface area contributed by atoms with E-state index in [1.54, 1.807) is 30.3 Å². The van der Waals surface area contributed by atoms with Crippen LogP contribution in [0.4, 0.5) is 13.2 Å². The molecule has 0 fully saturated rings. The molecule has 2 aromatic rings. The van der Waals surface area contributed by atoms with Crippen LogP contribution in [0.5, 0.6) is 11.6 Å². The van der Waals surface area contributed by atoms with Crippen molar-refractivity contribution in [3.05, 3.63) is 53.7 Å². The van der Waals surface area contributed by atoms with Crippen molar-refractivity contribution in [1.82, 2.24) is 4.98 Å². The Hall–Kier alpha value is -2.08. The van der Waals surface area contributed by atoms with Crippen LogP contribution >= 0.6 is 0 Å². The first-order valence-corrected chi connectivity index (χ1v) is 5.50. The molecule has 1 aromatic carbocycles. The first kappa shape index (κ1) is 13.4. The largest absolute Gasteiger partial charge is 0.439 e. The first-order valence-electron chi connectivity index (χ1n) is 5.50. The summed E-state index contributed by atoms with van der Waals surface area (Å²) in [7, 11) is 0. The van der Waals surface area contributed by atoms with Gasteiger partial charge in [-0.15, -0.1) is 0 Å². The minimum absolute atomic E-state index is 0.0171. The predicted octanol–water partition coefficient (Wildman–Crippen LogP) is 3.35. The second-order valence-electron chi connectivity index (χ2n) is 3.82. The van der Waals surface area contributed by atoms with Crippen molar-refractivity contribution in [2.75, 3.05) is 0 Å². The molecule has 3 nitrogen and oxygen atoms in total. The number of nitrogens with zero attached hydrogens (tertiary/aromatic N) is 1. The Morgan fingerprint density at radius 3 is 2.37 bits per heavy atom. The van der Waals surface area contributed by atoms with Crippen LogP contribution in [0.15, 0.2) is 42.5 Å². The van der Waals surface area contributed by atoms with Crippen LogP contribution in [0, 0.1) is 0 Å². The van der Waals surface area contributed by atoms with E-state index in [-0.39, 0.29) is 12.4 Å².